The summed E-state index contributed by atoms with van der Waals surface area (Å²) in [6.45, 7) is 3.10. The molecular formula is C15H19N5O6. The quantitative estimate of drug-likeness (QED) is 0.524. The first-order valence-corrected chi connectivity index (χ1v) is 8.22. The van der Waals surface area contributed by atoms with E-state index in [4.69, 9.17) is 9.47 Å². The van der Waals surface area contributed by atoms with Gasteiger partial charge in [-0.15, -0.1) is 0 Å². The molecule has 0 aromatic carbocycles. The fourth-order valence-electron chi connectivity index (χ4n) is 3.19. The zero-order valence-electron chi connectivity index (χ0n) is 14.2. The van der Waals surface area contributed by atoms with Gasteiger partial charge in [0.05, 0.1) is 19.5 Å². The zero-order valence-corrected chi connectivity index (χ0v) is 14.2. The second-order valence-corrected chi connectivity index (χ2v) is 6.83. The van der Waals surface area contributed by atoms with Crippen molar-refractivity contribution in [1.29, 1.82) is 0 Å². The molecule has 0 spiro atoms. The summed E-state index contributed by atoms with van der Waals surface area (Å²) in [6.07, 6.45) is -1.20. The van der Waals surface area contributed by atoms with E-state index < -0.39 is 36.2 Å². The number of carbonyl (C=O) groups is 1. The van der Waals surface area contributed by atoms with E-state index in [2.05, 4.69) is 20.3 Å². The molecule has 4 heterocycles. The molecule has 0 aliphatic carbocycles. The van der Waals surface area contributed by atoms with Gasteiger partial charge < -0.3 is 19.7 Å². The summed E-state index contributed by atoms with van der Waals surface area (Å²) >= 11 is 0. The largest absolute Gasteiger partial charge is 0.393 e. The standard InChI is InChI=1S/C15H19N5O6/c1-6(2)11(23)18-14-17-10-7(12(24)19-14)16-5-20(10)13-8-9(22)15(3-21,26-13)4-25-8/h5-6,8-9,13,21-22H,3-4H2,1-2H3,(H2,17,18,19,23,24). The van der Waals surface area contributed by atoms with Gasteiger partial charge in [-0.25, -0.2) is 4.98 Å². The van der Waals surface area contributed by atoms with Crippen molar-refractivity contribution < 1.29 is 24.5 Å². The van der Waals surface area contributed by atoms with Crippen molar-refractivity contribution in [2.75, 3.05) is 18.5 Å². The molecule has 2 aromatic rings. The minimum atomic E-state index is -1.21. The van der Waals surface area contributed by atoms with E-state index in [9.17, 15) is 19.8 Å². The van der Waals surface area contributed by atoms with Crippen molar-refractivity contribution in [2.45, 2.75) is 37.9 Å². The molecule has 11 nitrogen and oxygen atoms in total. The molecule has 140 valence electrons. The number of aliphatic hydroxyl groups excluding tert-OH is 2. The molecule has 2 aliphatic heterocycles. The van der Waals surface area contributed by atoms with E-state index in [1.54, 1.807) is 13.8 Å². The molecule has 2 fully saturated rings. The molecule has 2 saturated heterocycles. The summed E-state index contributed by atoms with van der Waals surface area (Å²) in [7, 11) is 0. The summed E-state index contributed by atoms with van der Waals surface area (Å²) in [5.74, 6) is -0.597. The van der Waals surface area contributed by atoms with E-state index in [1.165, 1.54) is 10.9 Å². The Labute approximate surface area is 147 Å². The average molecular weight is 365 g/mol. The molecule has 11 heteroatoms. The Morgan fingerprint density at radius 3 is 3.00 bits per heavy atom. The molecule has 0 radical (unpaired) electrons. The molecule has 2 aliphatic rings. The SMILES string of the molecule is CC(C)C(=O)Nc1nc2c(ncn2C2OC3(CO)COC2C3O)c(=O)[nH]1. The molecule has 2 aromatic heterocycles. The van der Waals surface area contributed by atoms with Gasteiger partial charge in [0.15, 0.2) is 17.4 Å². The van der Waals surface area contributed by atoms with Gasteiger partial charge in [-0.2, -0.15) is 4.98 Å². The Bertz CT molecular complexity index is 923. The molecule has 4 rings (SSSR count). The third-order valence-corrected chi connectivity index (χ3v) is 4.75. The number of imidazole rings is 1. The summed E-state index contributed by atoms with van der Waals surface area (Å²) in [6, 6.07) is 0. The number of carbonyl (C=O) groups excluding carboxylic acids is 1. The van der Waals surface area contributed by atoms with Gasteiger partial charge >= 0.3 is 0 Å². The number of aromatic amines is 1. The number of fused-ring (bicyclic) bond motifs is 3. The summed E-state index contributed by atoms with van der Waals surface area (Å²) < 4.78 is 12.8. The van der Waals surface area contributed by atoms with Crippen LogP contribution in [0.4, 0.5) is 5.95 Å². The number of H-pyrrole nitrogens is 1. The third-order valence-electron chi connectivity index (χ3n) is 4.75. The highest BCUT2D eigenvalue weighted by atomic mass is 16.7. The fourth-order valence-corrected chi connectivity index (χ4v) is 3.19. The predicted octanol–water partition coefficient (Wildman–Crippen LogP) is -1.27. The van der Waals surface area contributed by atoms with Crippen LogP contribution in [-0.4, -0.2) is 66.7 Å². The maximum Gasteiger partial charge on any atom is 0.280 e. The molecule has 26 heavy (non-hydrogen) atoms. The Hall–Kier alpha value is -2.34. The number of nitrogens with one attached hydrogen (secondary N) is 2. The number of nitrogens with zero attached hydrogens (tertiary/aromatic N) is 3. The summed E-state index contributed by atoms with van der Waals surface area (Å²) in [5, 5.41) is 22.4. The first kappa shape index (κ1) is 17.1. The van der Waals surface area contributed by atoms with E-state index in [-0.39, 0.29) is 35.5 Å². The van der Waals surface area contributed by atoms with Gasteiger partial charge in [0.2, 0.25) is 11.9 Å². The maximum atomic E-state index is 12.2. The molecule has 4 atom stereocenters. The second kappa shape index (κ2) is 5.84. The zero-order chi connectivity index (χ0) is 18.6. The maximum absolute atomic E-state index is 12.2. The van der Waals surface area contributed by atoms with Crippen LogP contribution in [-0.2, 0) is 14.3 Å². The van der Waals surface area contributed by atoms with Gasteiger partial charge in [-0.1, -0.05) is 13.8 Å². The van der Waals surface area contributed by atoms with Gasteiger partial charge in [0.25, 0.3) is 5.56 Å². The van der Waals surface area contributed by atoms with Crippen molar-refractivity contribution >= 4 is 23.0 Å². The highest BCUT2D eigenvalue weighted by Crippen LogP contribution is 2.45. The first-order chi connectivity index (χ1) is 12.4. The van der Waals surface area contributed by atoms with Crippen LogP contribution in [0.2, 0.25) is 0 Å². The van der Waals surface area contributed by atoms with E-state index in [0.29, 0.717) is 0 Å². The minimum absolute atomic E-state index is 0.00977. The van der Waals surface area contributed by atoms with Gasteiger partial charge in [0, 0.05) is 5.92 Å². The number of aliphatic hydroxyl groups is 2. The topological polar surface area (TPSA) is 152 Å². The second-order valence-electron chi connectivity index (χ2n) is 6.83. The number of hydrogen-bond acceptors (Lipinski definition) is 8. The third kappa shape index (κ3) is 2.35. The predicted molar refractivity (Wildman–Crippen MR) is 87.3 cm³/mol. The Balaban J connectivity index is 1.74. The van der Waals surface area contributed by atoms with Gasteiger partial charge in [0.1, 0.15) is 17.8 Å². The van der Waals surface area contributed by atoms with Crippen LogP contribution in [0.3, 0.4) is 0 Å². The lowest BCUT2D eigenvalue weighted by Gasteiger charge is -2.29. The van der Waals surface area contributed by atoms with Gasteiger partial charge in [-0.05, 0) is 0 Å². The number of rotatable bonds is 4. The number of hydrogen-bond donors (Lipinski definition) is 4. The van der Waals surface area contributed by atoms with Crippen molar-refractivity contribution in [3.05, 3.63) is 16.7 Å². The van der Waals surface area contributed by atoms with Crippen LogP contribution < -0.4 is 10.9 Å². The molecule has 4 N–H and O–H groups in total. The monoisotopic (exact) mass is 365 g/mol. The Morgan fingerprint density at radius 2 is 2.35 bits per heavy atom. The lowest BCUT2D eigenvalue weighted by Crippen LogP contribution is -2.44. The lowest BCUT2D eigenvalue weighted by atomic mass is 10.0. The highest BCUT2D eigenvalue weighted by molar-refractivity contribution is 5.91. The summed E-state index contributed by atoms with van der Waals surface area (Å²) in [4.78, 5) is 34.9. The number of aromatic nitrogens is 4. The average Bonchev–Trinajstić information content (AvgIpc) is 3.25. The number of amides is 1. The van der Waals surface area contributed by atoms with E-state index in [1.807, 2.05) is 0 Å². The summed E-state index contributed by atoms with van der Waals surface area (Å²) in [5.41, 5.74) is -1.49. The van der Waals surface area contributed by atoms with Crippen LogP contribution in [0.25, 0.3) is 11.2 Å². The molecule has 4 unspecified atom stereocenters. The number of ether oxygens (including phenoxy) is 2. The van der Waals surface area contributed by atoms with Crippen molar-refractivity contribution in [1.82, 2.24) is 19.5 Å². The van der Waals surface area contributed by atoms with Crippen LogP contribution in [0.5, 0.6) is 0 Å². The molecule has 2 bridgehead atoms. The van der Waals surface area contributed by atoms with Crippen molar-refractivity contribution in [2.24, 2.45) is 5.92 Å². The van der Waals surface area contributed by atoms with Crippen molar-refractivity contribution in [3.8, 4) is 0 Å². The normalized spacial score (nSPS) is 30.4. The Kier molecular flexibility index (Phi) is 3.84. The smallest absolute Gasteiger partial charge is 0.280 e. The van der Waals surface area contributed by atoms with Gasteiger partial charge in [-0.3, -0.25) is 24.5 Å². The number of anilines is 1. The van der Waals surface area contributed by atoms with Crippen LogP contribution >= 0.6 is 0 Å². The lowest BCUT2D eigenvalue weighted by molar-refractivity contribution is -0.185. The Morgan fingerprint density at radius 1 is 1.58 bits per heavy atom. The minimum Gasteiger partial charge on any atom is -0.393 e. The van der Waals surface area contributed by atoms with Crippen molar-refractivity contribution in [3.63, 3.8) is 0 Å². The van der Waals surface area contributed by atoms with Crippen LogP contribution in [0.1, 0.15) is 20.1 Å². The first-order valence-electron chi connectivity index (χ1n) is 8.22. The molecule has 1 amide bonds. The fraction of sp³-hybridized carbons (Fsp3) is 0.600. The van der Waals surface area contributed by atoms with E-state index in [0.717, 1.165) is 0 Å². The highest BCUT2D eigenvalue weighted by Gasteiger charge is 2.61. The van der Waals surface area contributed by atoms with E-state index >= 15 is 0 Å². The molecule has 0 saturated carbocycles. The van der Waals surface area contributed by atoms with Crippen LogP contribution in [0.15, 0.2) is 11.1 Å². The van der Waals surface area contributed by atoms with Crippen LogP contribution in [0, 0.1) is 5.92 Å². The molecular weight excluding hydrogens is 346 g/mol.